The maximum absolute atomic E-state index is 12.1. The Morgan fingerprint density at radius 1 is 1.14 bits per heavy atom. The predicted molar refractivity (Wildman–Crippen MR) is 90.5 cm³/mol. The van der Waals surface area contributed by atoms with E-state index in [1.165, 1.54) is 24.0 Å². The largest absolute Gasteiger partial charge is 0.331 e. The second-order valence-corrected chi connectivity index (χ2v) is 6.15. The van der Waals surface area contributed by atoms with E-state index < -0.39 is 0 Å². The highest BCUT2D eigenvalue weighted by molar-refractivity contribution is 6.30. The average molecular weight is 315 g/mol. The molecule has 1 aliphatic carbocycles. The molecule has 2 aromatic carbocycles. The third kappa shape index (κ3) is 3.42. The molecule has 2 aromatic rings. The van der Waals surface area contributed by atoms with Gasteiger partial charge in [-0.05, 0) is 61.1 Å². The van der Waals surface area contributed by atoms with E-state index in [0.29, 0.717) is 10.7 Å². The van der Waals surface area contributed by atoms with Crippen molar-refractivity contribution in [3.63, 3.8) is 0 Å². The highest BCUT2D eigenvalue weighted by atomic mass is 35.5. The van der Waals surface area contributed by atoms with E-state index in [0.717, 1.165) is 12.0 Å². The van der Waals surface area contributed by atoms with Crippen molar-refractivity contribution < 1.29 is 4.79 Å². The van der Waals surface area contributed by atoms with E-state index >= 15 is 0 Å². The molecular weight excluding hydrogens is 296 g/mol. The van der Waals surface area contributed by atoms with Crippen LogP contribution in [0, 0.1) is 0 Å². The first kappa shape index (κ1) is 14.9. The molecule has 0 aromatic heterocycles. The first-order chi connectivity index (χ1) is 10.6. The van der Waals surface area contributed by atoms with Gasteiger partial charge < -0.3 is 10.6 Å². The summed E-state index contributed by atoms with van der Waals surface area (Å²) in [5, 5.41) is 6.36. The van der Waals surface area contributed by atoms with Gasteiger partial charge in [0, 0.05) is 10.7 Å². The van der Waals surface area contributed by atoms with Crippen LogP contribution in [0.2, 0.25) is 5.02 Å². The lowest BCUT2D eigenvalue weighted by atomic mass is 10.0. The molecule has 22 heavy (non-hydrogen) atoms. The second kappa shape index (κ2) is 6.41. The molecule has 0 saturated heterocycles. The molecule has 2 amide bonds. The van der Waals surface area contributed by atoms with Crippen LogP contribution in [0.5, 0.6) is 0 Å². The Kier molecular flexibility index (Phi) is 4.34. The van der Waals surface area contributed by atoms with Crippen molar-refractivity contribution >= 4 is 23.3 Å². The fourth-order valence-electron chi connectivity index (χ4n) is 2.87. The lowest BCUT2D eigenvalue weighted by molar-refractivity contribution is 0.249. The van der Waals surface area contributed by atoms with Crippen LogP contribution in [0.25, 0.3) is 0 Å². The van der Waals surface area contributed by atoms with Gasteiger partial charge >= 0.3 is 6.03 Å². The number of carbonyl (C=O) groups is 1. The van der Waals surface area contributed by atoms with Gasteiger partial charge in [0.1, 0.15) is 0 Å². The van der Waals surface area contributed by atoms with Crippen molar-refractivity contribution in [2.45, 2.75) is 32.2 Å². The summed E-state index contributed by atoms with van der Waals surface area (Å²) in [5.74, 6) is 0. The Hall–Kier alpha value is -2.00. The van der Waals surface area contributed by atoms with Crippen molar-refractivity contribution in [2.24, 2.45) is 0 Å². The first-order valence-corrected chi connectivity index (χ1v) is 7.94. The number of anilines is 1. The van der Waals surface area contributed by atoms with E-state index in [4.69, 9.17) is 11.6 Å². The average Bonchev–Trinajstić information content (AvgIpc) is 2.94. The number of amides is 2. The number of rotatable bonds is 3. The van der Waals surface area contributed by atoms with Crippen LogP contribution in [0.15, 0.2) is 42.5 Å². The van der Waals surface area contributed by atoms with Gasteiger partial charge in [0.25, 0.3) is 0 Å². The summed E-state index contributed by atoms with van der Waals surface area (Å²) in [6, 6.07) is 13.4. The molecule has 0 bridgehead atoms. The molecule has 0 unspecified atom stereocenters. The Labute approximate surface area is 135 Å². The molecule has 1 atom stereocenters. The normalized spacial score (nSPS) is 14.3. The van der Waals surface area contributed by atoms with Crippen LogP contribution >= 0.6 is 11.6 Å². The predicted octanol–water partition coefficient (Wildman–Crippen LogP) is 4.71. The van der Waals surface area contributed by atoms with Crippen LogP contribution in [0.3, 0.4) is 0 Å². The van der Waals surface area contributed by atoms with Crippen molar-refractivity contribution in [1.29, 1.82) is 0 Å². The molecule has 0 fully saturated rings. The van der Waals surface area contributed by atoms with Gasteiger partial charge in [-0.3, -0.25) is 0 Å². The van der Waals surface area contributed by atoms with Crippen molar-refractivity contribution in [3.05, 3.63) is 64.2 Å². The highest BCUT2D eigenvalue weighted by Gasteiger charge is 2.15. The zero-order chi connectivity index (χ0) is 15.5. The van der Waals surface area contributed by atoms with Gasteiger partial charge in [0.05, 0.1) is 6.04 Å². The molecule has 4 heteroatoms. The van der Waals surface area contributed by atoms with E-state index in [1.54, 1.807) is 12.1 Å². The first-order valence-electron chi connectivity index (χ1n) is 7.56. The summed E-state index contributed by atoms with van der Waals surface area (Å²) in [6.07, 6.45) is 3.55. The molecular formula is C18H19ClN2O. The van der Waals surface area contributed by atoms with Crippen molar-refractivity contribution in [2.75, 3.05) is 5.32 Å². The number of hydrogen-bond acceptors (Lipinski definition) is 1. The topological polar surface area (TPSA) is 41.1 Å². The van der Waals surface area contributed by atoms with Crippen molar-refractivity contribution in [1.82, 2.24) is 5.32 Å². The van der Waals surface area contributed by atoms with Crippen LogP contribution in [-0.2, 0) is 12.8 Å². The van der Waals surface area contributed by atoms with Gasteiger partial charge in [-0.2, -0.15) is 0 Å². The number of carbonyl (C=O) groups excluding carboxylic acids is 1. The molecule has 114 valence electrons. The zero-order valence-corrected chi connectivity index (χ0v) is 13.3. The van der Waals surface area contributed by atoms with E-state index in [1.807, 2.05) is 19.1 Å². The summed E-state index contributed by atoms with van der Waals surface area (Å²) in [4.78, 5) is 12.1. The molecule has 1 aliphatic rings. The van der Waals surface area contributed by atoms with Gasteiger partial charge in [-0.15, -0.1) is 0 Å². The molecule has 3 rings (SSSR count). The molecule has 0 saturated carbocycles. The summed E-state index contributed by atoms with van der Waals surface area (Å²) in [7, 11) is 0. The smallest absolute Gasteiger partial charge is 0.319 e. The van der Waals surface area contributed by atoms with E-state index in [2.05, 4.69) is 28.8 Å². The van der Waals surface area contributed by atoms with Gasteiger partial charge in [0.2, 0.25) is 0 Å². The lowest BCUT2D eigenvalue weighted by Crippen LogP contribution is -2.31. The Morgan fingerprint density at radius 2 is 1.95 bits per heavy atom. The van der Waals surface area contributed by atoms with Gasteiger partial charge in [0.15, 0.2) is 0 Å². The summed E-state index contributed by atoms with van der Waals surface area (Å²) < 4.78 is 0. The highest BCUT2D eigenvalue weighted by Crippen LogP contribution is 2.25. The minimum absolute atomic E-state index is 0.0370. The third-order valence-corrected chi connectivity index (χ3v) is 4.29. The summed E-state index contributed by atoms with van der Waals surface area (Å²) in [5.41, 5.74) is 4.69. The summed E-state index contributed by atoms with van der Waals surface area (Å²) in [6.45, 7) is 1.99. The molecule has 0 spiro atoms. The number of urea groups is 1. The SMILES string of the molecule is C[C@H](NC(=O)Nc1cccc(Cl)c1)c1ccc2c(c1)CCC2. The van der Waals surface area contributed by atoms with Crippen molar-refractivity contribution in [3.8, 4) is 0 Å². The number of aryl methyl sites for hydroxylation is 2. The molecule has 0 radical (unpaired) electrons. The fraction of sp³-hybridized carbons (Fsp3) is 0.278. The van der Waals surface area contributed by atoms with Crippen LogP contribution in [0.1, 0.15) is 36.1 Å². The second-order valence-electron chi connectivity index (χ2n) is 5.71. The maximum atomic E-state index is 12.1. The van der Waals surface area contributed by atoms with Crippen LogP contribution in [0.4, 0.5) is 10.5 Å². The van der Waals surface area contributed by atoms with Gasteiger partial charge in [-0.1, -0.05) is 35.9 Å². The monoisotopic (exact) mass is 314 g/mol. The molecule has 2 N–H and O–H groups in total. The number of benzene rings is 2. The molecule has 3 nitrogen and oxygen atoms in total. The molecule has 0 heterocycles. The number of halogens is 1. The Morgan fingerprint density at radius 3 is 2.77 bits per heavy atom. The van der Waals surface area contributed by atoms with Gasteiger partial charge in [-0.25, -0.2) is 4.79 Å². The summed E-state index contributed by atoms with van der Waals surface area (Å²) >= 11 is 5.91. The maximum Gasteiger partial charge on any atom is 0.319 e. The minimum Gasteiger partial charge on any atom is -0.331 e. The number of hydrogen-bond donors (Lipinski definition) is 2. The Bertz CT molecular complexity index is 699. The number of fused-ring (bicyclic) bond motifs is 1. The van der Waals surface area contributed by atoms with Crippen LogP contribution < -0.4 is 10.6 Å². The third-order valence-electron chi connectivity index (χ3n) is 4.05. The fourth-order valence-corrected chi connectivity index (χ4v) is 3.06. The number of nitrogens with one attached hydrogen (secondary N) is 2. The molecule has 0 aliphatic heterocycles. The van der Waals surface area contributed by atoms with Crippen LogP contribution in [-0.4, -0.2) is 6.03 Å². The zero-order valence-electron chi connectivity index (χ0n) is 12.5. The van der Waals surface area contributed by atoms with E-state index in [-0.39, 0.29) is 12.1 Å². The van der Waals surface area contributed by atoms with E-state index in [9.17, 15) is 4.79 Å². The Balaban J connectivity index is 1.63. The lowest BCUT2D eigenvalue weighted by Gasteiger charge is -2.16. The minimum atomic E-state index is -0.227. The standard InChI is InChI=1S/C18H19ClN2O/c1-12(14-9-8-13-4-2-5-15(13)10-14)20-18(22)21-17-7-3-6-16(19)11-17/h3,6-12H,2,4-5H2,1H3,(H2,20,21,22)/t12-/m0/s1. The quantitative estimate of drug-likeness (QED) is 0.846.